The number of ether oxygens (including phenoxy) is 2. The topological polar surface area (TPSA) is 74.4 Å². The van der Waals surface area contributed by atoms with E-state index in [1.54, 1.807) is 18.5 Å². The van der Waals surface area contributed by atoms with Crippen molar-refractivity contribution in [3.05, 3.63) is 58.9 Å². The van der Waals surface area contributed by atoms with Crippen LogP contribution in [0.4, 0.5) is 0 Å². The van der Waals surface area contributed by atoms with Gasteiger partial charge < -0.3 is 15.2 Å². The molecule has 0 amide bonds. The van der Waals surface area contributed by atoms with Gasteiger partial charge in [0.1, 0.15) is 12.4 Å². The molecular weight excluding hydrogens is 351 g/mol. The first-order valence-corrected chi connectivity index (χ1v) is 7.60. The highest BCUT2D eigenvalue weighted by molar-refractivity contribution is 6.32. The largest absolute Gasteiger partial charge is 0.487 e. The standard InChI is InChI=1S/C17H19ClN2O3.ClH/c1-22-17(21)9-14(10-19)13-2-3-15(18)16(8-13)23-11-12-4-6-20-7-5-12;/h2-8,14H,9-11,19H2,1H3;1H/t14-;/m0./s1. The van der Waals surface area contributed by atoms with E-state index in [1.807, 2.05) is 24.3 Å². The molecule has 24 heavy (non-hydrogen) atoms. The third kappa shape index (κ3) is 5.67. The predicted molar refractivity (Wildman–Crippen MR) is 95.7 cm³/mol. The van der Waals surface area contributed by atoms with Gasteiger partial charge in [-0.3, -0.25) is 9.78 Å². The van der Waals surface area contributed by atoms with Crippen molar-refractivity contribution in [2.75, 3.05) is 13.7 Å². The summed E-state index contributed by atoms with van der Waals surface area (Å²) >= 11 is 6.18. The van der Waals surface area contributed by atoms with Crippen molar-refractivity contribution in [1.82, 2.24) is 4.98 Å². The predicted octanol–water partition coefficient (Wildman–Crippen LogP) is 3.34. The van der Waals surface area contributed by atoms with E-state index in [4.69, 9.17) is 26.8 Å². The number of halogens is 2. The third-order valence-corrected chi connectivity index (χ3v) is 3.81. The lowest BCUT2D eigenvalue weighted by Gasteiger charge is -2.16. The molecule has 7 heteroatoms. The quantitative estimate of drug-likeness (QED) is 0.756. The van der Waals surface area contributed by atoms with Crippen LogP contribution < -0.4 is 10.5 Å². The van der Waals surface area contributed by atoms with Gasteiger partial charge in [0.05, 0.1) is 18.6 Å². The molecule has 0 aliphatic heterocycles. The first kappa shape index (κ1) is 20.2. The second kappa shape index (κ2) is 10.1. The van der Waals surface area contributed by atoms with Gasteiger partial charge in [-0.25, -0.2) is 0 Å². The van der Waals surface area contributed by atoms with Crippen LogP contribution in [-0.2, 0) is 16.1 Å². The highest BCUT2D eigenvalue weighted by Crippen LogP contribution is 2.30. The molecule has 0 unspecified atom stereocenters. The molecule has 0 spiro atoms. The number of benzene rings is 1. The molecule has 5 nitrogen and oxygen atoms in total. The normalized spacial score (nSPS) is 11.3. The molecule has 0 radical (unpaired) electrons. The van der Waals surface area contributed by atoms with Crippen LogP contribution in [0.1, 0.15) is 23.5 Å². The average molecular weight is 371 g/mol. The summed E-state index contributed by atoms with van der Waals surface area (Å²) in [5, 5.41) is 0.511. The summed E-state index contributed by atoms with van der Waals surface area (Å²) in [5.74, 6) is 0.127. The van der Waals surface area contributed by atoms with Crippen LogP contribution in [0.5, 0.6) is 5.75 Å². The molecule has 1 atom stereocenters. The van der Waals surface area contributed by atoms with Crippen LogP contribution in [0.15, 0.2) is 42.7 Å². The molecule has 2 rings (SSSR count). The second-order valence-electron chi connectivity index (χ2n) is 5.05. The first-order chi connectivity index (χ1) is 11.1. The smallest absolute Gasteiger partial charge is 0.306 e. The Bertz CT molecular complexity index is 654. The Hall–Kier alpha value is -1.82. The molecule has 1 heterocycles. The maximum absolute atomic E-state index is 11.5. The van der Waals surface area contributed by atoms with Crippen molar-refractivity contribution in [1.29, 1.82) is 0 Å². The van der Waals surface area contributed by atoms with Crippen molar-refractivity contribution in [3.63, 3.8) is 0 Å². The van der Waals surface area contributed by atoms with E-state index >= 15 is 0 Å². The Labute approximate surface area is 152 Å². The van der Waals surface area contributed by atoms with Crippen LogP contribution in [-0.4, -0.2) is 24.6 Å². The van der Waals surface area contributed by atoms with E-state index in [-0.39, 0.29) is 30.7 Å². The number of nitrogens with two attached hydrogens (primary N) is 1. The summed E-state index contributed by atoms with van der Waals surface area (Å²) in [4.78, 5) is 15.4. The number of carbonyl (C=O) groups is 1. The molecule has 0 fully saturated rings. The summed E-state index contributed by atoms with van der Waals surface area (Å²) in [6.07, 6.45) is 3.63. The van der Waals surface area contributed by atoms with Gasteiger partial charge in [0.2, 0.25) is 0 Å². The van der Waals surface area contributed by atoms with Crippen molar-refractivity contribution >= 4 is 30.0 Å². The van der Waals surface area contributed by atoms with Gasteiger partial charge in [0, 0.05) is 18.3 Å². The van der Waals surface area contributed by atoms with E-state index in [0.717, 1.165) is 11.1 Å². The maximum Gasteiger partial charge on any atom is 0.306 e. The van der Waals surface area contributed by atoms with Gasteiger partial charge in [-0.1, -0.05) is 17.7 Å². The zero-order valence-corrected chi connectivity index (χ0v) is 14.8. The van der Waals surface area contributed by atoms with E-state index in [0.29, 0.717) is 23.9 Å². The van der Waals surface area contributed by atoms with Crippen LogP contribution in [0, 0.1) is 0 Å². The van der Waals surface area contributed by atoms with Crippen LogP contribution in [0.2, 0.25) is 5.02 Å². The lowest BCUT2D eigenvalue weighted by atomic mass is 9.95. The molecule has 2 N–H and O–H groups in total. The van der Waals surface area contributed by atoms with E-state index < -0.39 is 0 Å². The summed E-state index contributed by atoms with van der Waals surface area (Å²) in [7, 11) is 1.36. The molecule has 0 saturated heterocycles. The van der Waals surface area contributed by atoms with Crippen LogP contribution in [0.25, 0.3) is 0 Å². The Kier molecular flexibility index (Phi) is 8.54. The van der Waals surface area contributed by atoms with Gasteiger partial charge >= 0.3 is 5.97 Å². The van der Waals surface area contributed by atoms with Gasteiger partial charge in [0.15, 0.2) is 0 Å². The van der Waals surface area contributed by atoms with E-state index in [2.05, 4.69) is 4.98 Å². The molecule has 0 aliphatic rings. The molecule has 0 bridgehead atoms. The highest BCUT2D eigenvalue weighted by atomic mass is 35.5. The van der Waals surface area contributed by atoms with E-state index in [1.165, 1.54) is 7.11 Å². The lowest BCUT2D eigenvalue weighted by molar-refractivity contribution is -0.141. The average Bonchev–Trinajstić information content (AvgIpc) is 2.59. The SMILES string of the molecule is COC(=O)C[C@@H](CN)c1ccc(Cl)c(OCc2ccncc2)c1.Cl. The molecule has 130 valence electrons. The molecule has 1 aromatic heterocycles. The fourth-order valence-electron chi connectivity index (χ4n) is 2.15. The monoisotopic (exact) mass is 370 g/mol. The minimum Gasteiger partial charge on any atom is -0.487 e. The molecule has 0 aliphatic carbocycles. The minimum absolute atomic E-state index is 0. The fourth-order valence-corrected chi connectivity index (χ4v) is 2.32. The molecule has 2 aromatic rings. The molecule has 0 saturated carbocycles. The van der Waals surface area contributed by atoms with Gasteiger partial charge in [-0.2, -0.15) is 0 Å². The second-order valence-corrected chi connectivity index (χ2v) is 5.45. The number of methoxy groups -OCH3 is 1. The fraction of sp³-hybridized carbons (Fsp3) is 0.294. The summed E-state index contributed by atoms with van der Waals surface area (Å²) in [5.41, 5.74) is 7.66. The number of nitrogens with zero attached hydrogens (tertiary/aromatic N) is 1. The third-order valence-electron chi connectivity index (χ3n) is 3.50. The Morgan fingerprint density at radius 1 is 1.29 bits per heavy atom. The molecule has 1 aromatic carbocycles. The Morgan fingerprint density at radius 3 is 2.62 bits per heavy atom. The number of hydrogen-bond acceptors (Lipinski definition) is 5. The molecular formula is C17H20Cl2N2O3. The van der Waals surface area contributed by atoms with Crippen molar-refractivity contribution in [3.8, 4) is 5.75 Å². The minimum atomic E-state index is -0.297. The Morgan fingerprint density at radius 2 is 2.00 bits per heavy atom. The van der Waals surface area contributed by atoms with Gasteiger partial charge in [0.25, 0.3) is 0 Å². The lowest BCUT2D eigenvalue weighted by Crippen LogP contribution is -2.17. The summed E-state index contributed by atoms with van der Waals surface area (Å²) in [6.45, 7) is 0.719. The van der Waals surface area contributed by atoms with Crippen LogP contribution >= 0.6 is 24.0 Å². The van der Waals surface area contributed by atoms with Crippen molar-refractivity contribution < 1.29 is 14.3 Å². The van der Waals surface area contributed by atoms with Gasteiger partial charge in [-0.15, -0.1) is 12.4 Å². The number of pyridine rings is 1. The van der Waals surface area contributed by atoms with Gasteiger partial charge in [-0.05, 0) is 41.9 Å². The number of esters is 1. The van der Waals surface area contributed by atoms with Crippen molar-refractivity contribution in [2.45, 2.75) is 18.9 Å². The highest BCUT2D eigenvalue weighted by Gasteiger charge is 2.17. The van der Waals surface area contributed by atoms with E-state index in [9.17, 15) is 4.79 Å². The zero-order chi connectivity index (χ0) is 16.7. The number of rotatable bonds is 7. The maximum atomic E-state index is 11.5. The zero-order valence-electron chi connectivity index (χ0n) is 13.3. The summed E-state index contributed by atoms with van der Waals surface area (Å²) in [6, 6.07) is 9.17. The number of aromatic nitrogens is 1. The number of hydrogen-bond donors (Lipinski definition) is 1. The number of carbonyl (C=O) groups excluding carboxylic acids is 1. The Balaban J connectivity index is 0.00000288. The van der Waals surface area contributed by atoms with Crippen LogP contribution in [0.3, 0.4) is 0 Å². The van der Waals surface area contributed by atoms with Crippen molar-refractivity contribution in [2.24, 2.45) is 5.73 Å². The first-order valence-electron chi connectivity index (χ1n) is 7.22. The summed E-state index contributed by atoms with van der Waals surface area (Å²) < 4.78 is 10.5.